The smallest absolute Gasteiger partial charge is 0.338 e. The maximum absolute atomic E-state index is 12.6. The number of anilines is 1. The lowest BCUT2D eigenvalue weighted by Crippen LogP contribution is -2.29. The van der Waals surface area contributed by atoms with E-state index in [1.165, 1.54) is 18.2 Å². The molecule has 0 fully saturated rings. The van der Waals surface area contributed by atoms with E-state index in [0.29, 0.717) is 17.9 Å². The number of carbonyl (C=O) groups excluding carboxylic acids is 3. The summed E-state index contributed by atoms with van der Waals surface area (Å²) in [5.74, 6) is -1.30. The van der Waals surface area contributed by atoms with Crippen molar-refractivity contribution in [2.75, 3.05) is 11.5 Å². The van der Waals surface area contributed by atoms with Gasteiger partial charge in [-0.1, -0.05) is 24.6 Å². The predicted octanol–water partition coefficient (Wildman–Crippen LogP) is 3.36. The molecule has 0 spiro atoms. The number of imide groups is 1. The van der Waals surface area contributed by atoms with Crippen LogP contribution in [0.2, 0.25) is 0 Å². The van der Waals surface area contributed by atoms with Gasteiger partial charge in [-0.05, 0) is 43.7 Å². The fraction of sp³-hybridized carbons (Fsp3) is 0.211. The van der Waals surface area contributed by atoms with Gasteiger partial charge in [0.15, 0.2) is 0 Å². The maximum atomic E-state index is 12.6. The molecule has 0 aromatic heterocycles. The largest absolute Gasteiger partial charge is 0.462 e. The molecule has 122 valence electrons. The number of nitrogens with zero attached hydrogens (tertiary/aromatic N) is 1. The number of fused-ring (bicyclic) bond motifs is 1. The third kappa shape index (κ3) is 2.69. The lowest BCUT2D eigenvalue weighted by molar-refractivity contribution is 0.0505. The third-order valence-corrected chi connectivity index (χ3v) is 3.85. The normalized spacial score (nSPS) is 13.2. The molecule has 0 N–H and O–H groups in total. The highest BCUT2D eigenvalue weighted by molar-refractivity contribution is 6.34. The van der Waals surface area contributed by atoms with Crippen molar-refractivity contribution < 1.29 is 19.1 Å². The van der Waals surface area contributed by atoms with E-state index < -0.39 is 11.9 Å². The van der Waals surface area contributed by atoms with Gasteiger partial charge in [0.2, 0.25) is 0 Å². The first-order valence-corrected chi connectivity index (χ1v) is 7.79. The van der Waals surface area contributed by atoms with Crippen molar-refractivity contribution in [1.82, 2.24) is 0 Å². The van der Waals surface area contributed by atoms with Crippen LogP contribution in [0.3, 0.4) is 0 Å². The summed E-state index contributed by atoms with van der Waals surface area (Å²) in [7, 11) is 0. The molecular formula is C19H17NO4. The number of benzene rings is 2. The minimum Gasteiger partial charge on any atom is -0.462 e. The molecule has 1 aliphatic rings. The van der Waals surface area contributed by atoms with Crippen molar-refractivity contribution >= 4 is 23.5 Å². The molecule has 3 rings (SSSR count). The van der Waals surface area contributed by atoms with E-state index in [1.807, 2.05) is 26.0 Å². The molecule has 2 aromatic rings. The lowest BCUT2D eigenvalue weighted by Gasteiger charge is -2.13. The number of rotatable bonds is 4. The number of hydrogen-bond donors (Lipinski definition) is 0. The van der Waals surface area contributed by atoms with Gasteiger partial charge in [-0.25, -0.2) is 9.69 Å². The Morgan fingerprint density at radius 1 is 1.00 bits per heavy atom. The Labute approximate surface area is 139 Å². The van der Waals surface area contributed by atoms with Crippen LogP contribution in [0.4, 0.5) is 5.69 Å². The summed E-state index contributed by atoms with van der Waals surface area (Å²) in [6, 6.07) is 11.6. The first-order valence-electron chi connectivity index (χ1n) is 7.79. The topological polar surface area (TPSA) is 63.7 Å². The van der Waals surface area contributed by atoms with Crippen LogP contribution in [-0.4, -0.2) is 24.4 Å². The second-order valence-electron chi connectivity index (χ2n) is 5.68. The summed E-state index contributed by atoms with van der Waals surface area (Å²) in [6.45, 7) is 4.15. The number of esters is 1. The molecule has 1 aliphatic heterocycles. The Morgan fingerprint density at radius 2 is 1.67 bits per heavy atom. The molecule has 5 nitrogen and oxygen atoms in total. The number of hydrogen-bond acceptors (Lipinski definition) is 4. The second kappa shape index (κ2) is 6.28. The molecule has 0 radical (unpaired) electrons. The molecule has 0 bridgehead atoms. The quantitative estimate of drug-likeness (QED) is 0.639. The van der Waals surface area contributed by atoms with Crippen LogP contribution in [0.15, 0.2) is 42.5 Å². The Balaban J connectivity index is 1.94. The average Bonchev–Trinajstić information content (AvgIpc) is 2.84. The minimum atomic E-state index is -0.492. The van der Waals surface area contributed by atoms with Crippen molar-refractivity contribution in [3.05, 3.63) is 64.7 Å². The zero-order valence-electron chi connectivity index (χ0n) is 13.5. The molecule has 0 aliphatic carbocycles. The minimum absolute atomic E-state index is 0.228. The Kier molecular flexibility index (Phi) is 4.16. The van der Waals surface area contributed by atoms with Gasteiger partial charge in [-0.15, -0.1) is 0 Å². The van der Waals surface area contributed by atoms with Gasteiger partial charge in [0, 0.05) is 0 Å². The molecule has 2 aromatic carbocycles. The van der Waals surface area contributed by atoms with Gasteiger partial charge in [0.25, 0.3) is 11.8 Å². The van der Waals surface area contributed by atoms with Crippen molar-refractivity contribution in [3.63, 3.8) is 0 Å². The SMILES string of the molecule is CCCOC(=O)c1ccc2c(c1)C(=O)N(c1ccc(C)cc1)C2=O. The van der Waals surface area contributed by atoms with Gasteiger partial charge in [0.1, 0.15) is 0 Å². The number of ether oxygens (including phenoxy) is 1. The summed E-state index contributed by atoms with van der Waals surface area (Å²) in [4.78, 5) is 38.2. The van der Waals surface area contributed by atoms with Crippen LogP contribution < -0.4 is 4.90 Å². The lowest BCUT2D eigenvalue weighted by atomic mass is 10.1. The zero-order valence-corrected chi connectivity index (χ0v) is 13.5. The highest BCUT2D eigenvalue weighted by atomic mass is 16.5. The van der Waals surface area contributed by atoms with E-state index in [-0.39, 0.29) is 17.0 Å². The van der Waals surface area contributed by atoms with E-state index in [9.17, 15) is 14.4 Å². The van der Waals surface area contributed by atoms with E-state index in [0.717, 1.165) is 16.9 Å². The highest BCUT2D eigenvalue weighted by Gasteiger charge is 2.37. The first kappa shape index (κ1) is 15.9. The summed E-state index contributed by atoms with van der Waals surface area (Å²) < 4.78 is 5.07. The van der Waals surface area contributed by atoms with Crippen LogP contribution in [0.1, 0.15) is 50.0 Å². The fourth-order valence-electron chi connectivity index (χ4n) is 2.57. The van der Waals surface area contributed by atoms with E-state index in [4.69, 9.17) is 4.74 Å². The van der Waals surface area contributed by atoms with Gasteiger partial charge < -0.3 is 4.74 Å². The van der Waals surface area contributed by atoms with Gasteiger partial charge >= 0.3 is 5.97 Å². The monoisotopic (exact) mass is 323 g/mol. The Morgan fingerprint density at radius 3 is 2.33 bits per heavy atom. The Hall–Kier alpha value is -2.95. The van der Waals surface area contributed by atoms with Gasteiger partial charge in [0.05, 0.1) is 29.0 Å². The molecule has 0 unspecified atom stereocenters. The molecule has 0 atom stereocenters. The first-order chi connectivity index (χ1) is 11.5. The second-order valence-corrected chi connectivity index (χ2v) is 5.68. The van der Waals surface area contributed by atoms with Crippen LogP contribution in [-0.2, 0) is 4.74 Å². The van der Waals surface area contributed by atoms with Crippen LogP contribution in [0.5, 0.6) is 0 Å². The zero-order chi connectivity index (χ0) is 17.3. The molecular weight excluding hydrogens is 306 g/mol. The van der Waals surface area contributed by atoms with Gasteiger partial charge in [-0.3, -0.25) is 9.59 Å². The fourth-order valence-corrected chi connectivity index (χ4v) is 2.57. The predicted molar refractivity (Wildman–Crippen MR) is 89.3 cm³/mol. The standard InChI is InChI=1S/C19H17NO4/c1-3-10-24-19(23)13-6-9-15-16(11-13)18(22)20(17(15)21)14-7-4-12(2)5-8-14/h4-9,11H,3,10H2,1-2H3. The van der Waals surface area contributed by atoms with Crippen molar-refractivity contribution in [2.45, 2.75) is 20.3 Å². The molecule has 0 saturated carbocycles. The highest BCUT2D eigenvalue weighted by Crippen LogP contribution is 2.29. The Bertz CT molecular complexity index is 824. The van der Waals surface area contributed by atoms with E-state index >= 15 is 0 Å². The summed E-state index contributed by atoms with van der Waals surface area (Å²) in [5, 5.41) is 0. The number of carbonyl (C=O) groups is 3. The van der Waals surface area contributed by atoms with E-state index in [2.05, 4.69) is 0 Å². The number of amides is 2. The maximum Gasteiger partial charge on any atom is 0.338 e. The molecule has 1 heterocycles. The summed E-state index contributed by atoms with van der Waals surface area (Å²) >= 11 is 0. The summed E-state index contributed by atoms with van der Waals surface area (Å²) in [6.07, 6.45) is 0.718. The van der Waals surface area contributed by atoms with Crippen molar-refractivity contribution in [3.8, 4) is 0 Å². The molecule has 2 amide bonds. The average molecular weight is 323 g/mol. The van der Waals surface area contributed by atoms with Crippen LogP contribution in [0.25, 0.3) is 0 Å². The van der Waals surface area contributed by atoms with Crippen molar-refractivity contribution in [1.29, 1.82) is 0 Å². The van der Waals surface area contributed by atoms with Gasteiger partial charge in [-0.2, -0.15) is 0 Å². The van der Waals surface area contributed by atoms with Crippen LogP contribution in [0, 0.1) is 6.92 Å². The molecule has 5 heteroatoms. The summed E-state index contributed by atoms with van der Waals surface area (Å²) in [5.41, 5.74) is 2.35. The molecule has 24 heavy (non-hydrogen) atoms. The van der Waals surface area contributed by atoms with E-state index in [1.54, 1.807) is 12.1 Å². The molecule has 0 saturated heterocycles. The van der Waals surface area contributed by atoms with Crippen LogP contribution >= 0.6 is 0 Å². The number of aryl methyl sites for hydroxylation is 1. The van der Waals surface area contributed by atoms with Crippen molar-refractivity contribution in [2.24, 2.45) is 0 Å². The third-order valence-electron chi connectivity index (χ3n) is 3.85.